The lowest BCUT2D eigenvalue weighted by Crippen LogP contribution is -2.36. The second-order valence-corrected chi connectivity index (χ2v) is 9.64. The predicted octanol–water partition coefficient (Wildman–Crippen LogP) is 2.29. The Morgan fingerprint density at radius 3 is 2.70 bits per heavy atom. The van der Waals surface area contributed by atoms with Crippen LogP contribution >= 0.6 is 0 Å². The van der Waals surface area contributed by atoms with Crippen LogP contribution in [-0.4, -0.2) is 51.4 Å². The van der Waals surface area contributed by atoms with Gasteiger partial charge in [0.2, 0.25) is 10.0 Å². The van der Waals surface area contributed by atoms with Crippen LogP contribution in [0.3, 0.4) is 0 Å². The quantitative estimate of drug-likeness (QED) is 0.777. The Hall–Kier alpha value is -1.44. The van der Waals surface area contributed by atoms with Crippen LogP contribution in [0.25, 0.3) is 0 Å². The SMILES string of the molecule is Cc1ccc(S(=O)(=O)N2CCCCC2)cc1C(=O)NCCC1CCCNC1. The predicted molar refractivity (Wildman–Crippen MR) is 106 cm³/mol. The van der Waals surface area contributed by atoms with Crippen LogP contribution in [0, 0.1) is 12.8 Å². The fourth-order valence-electron chi connectivity index (χ4n) is 3.92. The molecule has 6 nitrogen and oxygen atoms in total. The maximum absolute atomic E-state index is 12.9. The number of hydrogen-bond acceptors (Lipinski definition) is 4. The van der Waals surface area contributed by atoms with Gasteiger partial charge in [0.15, 0.2) is 0 Å². The van der Waals surface area contributed by atoms with Crippen molar-refractivity contribution in [3.05, 3.63) is 29.3 Å². The summed E-state index contributed by atoms with van der Waals surface area (Å²) >= 11 is 0. The van der Waals surface area contributed by atoms with Crippen molar-refractivity contribution in [2.75, 3.05) is 32.7 Å². The van der Waals surface area contributed by atoms with Gasteiger partial charge in [-0.05, 0) is 75.7 Å². The first-order chi connectivity index (χ1) is 13.0. The fraction of sp³-hybridized carbons (Fsp3) is 0.650. The van der Waals surface area contributed by atoms with E-state index in [0.717, 1.165) is 44.3 Å². The van der Waals surface area contributed by atoms with Crippen LogP contribution in [0.1, 0.15) is 54.4 Å². The second-order valence-electron chi connectivity index (χ2n) is 7.70. The summed E-state index contributed by atoms with van der Waals surface area (Å²) in [5, 5.41) is 6.36. The number of carbonyl (C=O) groups excluding carboxylic acids is 1. The number of sulfonamides is 1. The van der Waals surface area contributed by atoms with E-state index in [1.807, 2.05) is 6.92 Å². The first kappa shape index (κ1) is 20.3. The molecule has 0 radical (unpaired) electrons. The minimum atomic E-state index is -3.53. The summed E-state index contributed by atoms with van der Waals surface area (Å²) < 4.78 is 27.3. The van der Waals surface area contributed by atoms with E-state index >= 15 is 0 Å². The van der Waals surface area contributed by atoms with Crippen LogP contribution in [-0.2, 0) is 10.0 Å². The van der Waals surface area contributed by atoms with Crippen molar-refractivity contribution in [2.24, 2.45) is 5.92 Å². The average Bonchev–Trinajstić information content (AvgIpc) is 2.69. The molecule has 1 atom stereocenters. The van der Waals surface area contributed by atoms with Crippen molar-refractivity contribution in [1.82, 2.24) is 14.9 Å². The molecule has 2 N–H and O–H groups in total. The van der Waals surface area contributed by atoms with Crippen LogP contribution in [0.15, 0.2) is 23.1 Å². The van der Waals surface area contributed by atoms with Gasteiger partial charge in [-0.2, -0.15) is 4.31 Å². The molecule has 2 heterocycles. The van der Waals surface area contributed by atoms with Gasteiger partial charge in [-0.1, -0.05) is 12.5 Å². The van der Waals surface area contributed by atoms with E-state index in [1.165, 1.54) is 18.9 Å². The number of amides is 1. The zero-order chi connectivity index (χ0) is 19.3. The number of carbonyl (C=O) groups is 1. The molecule has 0 aromatic heterocycles. The third-order valence-electron chi connectivity index (χ3n) is 5.64. The largest absolute Gasteiger partial charge is 0.352 e. The summed E-state index contributed by atoms with van der Waals surface area (Å²) in [5.74, 6) is 0.415. The van der Waals surface area contributed by atoms with Gasteiger partial charge < -0.3 is 10.6 Å². The molecule has 2 aliphatic heterocycles. The van der Waals surface area contributed by atoms with Gasteiger partial charge in [0, 0.05) is 25.2 Å². The lowest BCUT2D eigenvalue weighted by Gasteiger charge is -2.26. The van der Waals surface area contributed by atoms with E-state index in [0.29, 0.717) is 31.1 Å². The number of nitrogens with zero attached hydrogens (tertiary/aromatic N) is 1. The molecule has 2 aliphatic rings. The average molecular weight is 394 g/mol. The van der Waals surface area contributed by atoms with Crippen molar-refractivity contribution in [3.8, 4) is 0 Å². The minimum Gasteiger partial charge on any atom is -0.352 e. The zero-order valence-electron chi connectivity index (χ0n) is 16.2. The second kappa shape index (κ2) is 9.17. The summed E-state index contributed by atoms with van der Waals surface area (Å²) in [6, 6.07) is 4.89. The molecule has 0 saturated carbocycles. The summed E-state index contributed by atoms with van der Waals surface area (Å²) in [7, 11) is -3.53. The lowest BCUT2D eigenvalue weighted by atomic mass is 9.96. The monoisotopic (exact) mass is 393 g/mol. The smallest absolute Gasteiger partial charge is 0.251 e. The zero-order valence-corrected chi connectivity index (χ0v) is 17.0. The van der Waals surface area contributed by atoms with Crippen LogP contribution < -0.4 is 10.6 Å². The summed E-state index contributed by atoms with van der Waals surface area (Å²) in [5.41, 5.74) is 1.25. The highest BCUT2D eigenvalue weighted by Gasteiger charge is 2.27. The Morgan fingerprint density at radius 1 is 1.22 bits per heavy atom. The molecule has 1 aromatic rings. The van der Waals surface area contributed by atoms with Crippen LogP contribution in [0.4, 0.5) is 0 Å². The molecule has 1 amide bonds. The lowest BCUT2D eigenvalue weighted by molar-refractivity contribution is 0.0950. The summed E-state index contributed by atoms with van der Waals surface area (Å²) in [4.78, 5) is 12.8. The molecule has 2 fully saturated rings. The third kappa shape index (κ3) is 5.09. The highest BCUT2D eigenvalue weighted by Crippen LogP contribution is 2.23. The van der Waals surface area contributed by atoms with Crippen LogP contribution in [0.5, 0.6) is 0 Å². The number of aryl methyl sites for hydroxylation is 1. The minimum absolute atomic E-state index is 0.188. The van der Waals surface area contributed by atoms with Gasteiger partial charge in [0.1, 0.15) is 0 Å². The normalized spacial score (nSPS) is 21.7. The van der Waals surface area contributed by atoms with Gasteiger partial charge in [-0.15, -0.1) is 0 Å². The first-order valence-electron chi connectivity index (χ1n) is 10.1. The van der Waals surface area contributed by atoms with Gasteiger partial charge in [0.25, 0.3) is 5.91 Å². The fourth-order valence-corrected chi connectivity index (χ4v) is 5.46. The van der Waals surface area contributed by atoms with E-state index in [9.17, 15) is 13.2 Å². The highest BCUT2D eigenvalue weighted by molar-refractivity contribution is 7.89. The summed E-state index contributed by atoms with van der Waals surface area (Å²) in [6.07, 6.45) is 6.20. The van der Waals surface area contributed by atoms with E-state index in [2.05, 4.69) is 10.6 Å². The molecule has 27 heavy (non-hydrogen) atoms. The maximum Gasteiger partial charge on any atom is 0.251 e. The molecular weight excluding hydrogens is 362 g/mol. The first-order valence-corrected chi connectivity index (χ1v) is 11.5. The van der Waals surface area contributed by atoms with E-state index in [-0.39, 0.29) is 10.8 Å². The van der Waals surface area contributed by atoms with Gasteiger partial charge in [-0.3, -0.25) is 4.79 Å². The Balaban J connectivity index is 1.66. The molecular formula is C20H31N3O3S. The Morgan fingerprint density at radius 2 is 2.00 bits per heavy atom. The summed E-state index contributed by atoms with van der Waals surface area (Å²) in [6.45, 7) is 5.68. The molecule has 3 rings (SSSR count). The standard InChI is InChI=1S/C20H31N3O3S/c1-16-7-8-18(27(25,26)23-12-3-2-4-13-23)14-19(16)20(24)22-11-9-17-6-5-10-21-15-17/h7-8,14,17,21H,2-6,9-13,15H2,1H3,(H,22,24). The molecule has 0 spiro atoms. The van der Waals surface area contributed by atoms with Gasteiger partial charge >= 0.3 is 0 Å². The molecule has 1 unspecified atom stereocenters. The highest BCUT2D eigenvalue weighted by atomic mass is 32.2. The number of rotatable bonds is 6. The maximum atomic E-state index is 12.9. The Labute approximate surface area is 162 Å². The Kier molecular flexibility index (Phi) is 6.89. The topological polar surface area (TPSA) is 78.5 Å². The van der Waals surface area contributed by atoms with Crippen molar-refractivity contribution in [1.29, 1.82) is 0 Å². The number of nitrogens with one attached hydrogen (secondary N) is 2. The number of piperidine rings is 2. The molecule has 7 heteroatoms. The van der Waals surface area contributed by atoms with Crippen molar-refractivity contribution in [3.63, 3.8) is 0 Å². The molecule has 150 valence electrons. The van der Waals surface area contributed by atoms with Crippen LogP contribution in [0.2, 0.25) is 0 Å². The van der Waals surface area contributed by atoms with E-state index in [4.69, 9.17) is 0 Å². The third-order valence-corrected chi connectivity index (χ3v) is 7.54. The van der Waals surface area contributed by atoms with Crippen molar-refractivity contribution >= 4 is 15.9 Å². The van der Waals surface area contributed by atoms with Crippen molar-refractivity contribution in [2.45, 2.75) is 50.3 Å². The molecule has 0 aliphatic carbocycles. The van der Waals surface area contributed by atoms with Gasteiger partial charge in [0.05, 0.1) is 4.90 Å². The number of hydrogen-bond donors (Lipinski definition) is 2. The molecule has 1 aromatic carbocycles. The number of benzene rings is 1. The van der Waals surface area contributed by atoms with E-state index < -0.39 is 10.0 Å². The van der Waals surface area contributed by atoms with Gasteiger partial charge in [-0.25, -0.2) is 8.42 Å². The molecule has 0 bridgehead atoms. The van der Waals surface area contributed by atoms with Crippen molar-refractivity contribution < 1.29 is 13.2 Å². The Bertz CT molecular complexity index is 752. The molecule has 2 saturated heterocycles. The van der Waals surface area contributed by atoms with E-state index in [1.54, 1.807) is 16.4 Å².